The molecule has 1 amide bonds. The van der Waals surface area contributed by atoms with Crippen molar-refractivity contribution in [3.8, 4) is 0 Å². The number of hydrogen-bond donors (Lipinski definition) is 1. The second kappa shape index (κ2) is 6.24. The molecule has 1 saturated carbocycles. The van der Waals surface area contributed by atoms with Gasteiger partial charge < -0.3 is 10.6 Å². The van der Waals surface area contributed by atoms with Crippen LogP contribution in [0.25, 0.3) is 0 Å². The predicted molar refractivity (Wildman–Crippen MR) is 67.1 cm³/mol. The molecule has 3 nitrogen and oxygen atoms in total. The van der Waals surface area contributed by atoms with Gasteiger partial charge in [-0.3, -0.25) is 4.79 Å². The summed E-state index contributed by atoms with van der Waals surface area (Å²) in [6.07, 6.45) is 5.22. The Morgan fingerprint density at radius 1 is 1.31 bits per heavy atom. The van der Waals surface area contributed by atoms with Crippen LogP contribution in [0.15, 0.2) is 0 Å². The topological polar surface area (TPSA) is 46.3 Å². The Hall–Kier alpha value is -0.570. The number of amides is 1. The minimum atomic E-state index is 0.163. The van der Waals surface area contributed by atoms with E-state index in [2.05, 4.69) is 18.7 Å². The fourth-order valence-corrected chi connectivity index (χ4v) is 2.46. The predicted octanol–water partition coefficient (Wildman–Crippen LogP) is 2.15. The summed E-state index contributed by atoms with van der Waals surface area (Å²) in [5, 5.41) is 0. The smallest absolute Gasteiger partial charge is 0.225 e. The maximum Gasteiger partial charge on any atom is 0.225 e. The average molecular weight is 226 g/mol. The van der Waals surface area contributed by atoms with Crippen LogP contribution in [0.2, 0.25) is 0 Å². The van der Waals surface area contributed by atoms with Gasteiger partial charge in [0, 0.05) is 24.5 Å². The Labute approximate surface area is 99.4 Å². The number of carbonyl (C=O) groups is 1. The SMILES string of the molecule is CCC(C)C(=O)N(CC)C1CCC(N)CC1. The molecule has 0 aromatic rings. The van der Waals surface area contributed by atoms with Gasteiger partial charge in [0.15, 0.2) is 0 Å². The number of carbonyl (C=O) groups excluding carboxylic acids is 1. The lowest BCUT2D eigenvalue weighted by Crippen LogP contribution is -2.46. The number of nitrogens with two attached hydrogens (primary N) is 1. The molecule has 0 aromatic carbocycles. The first-order valence-electron chi connectivity index (χ1n) is 6.66. The van der Waals surface area contributed by atoms with Crippen LogP contribution < -0.4 is 5.73 Å². The lowest BCUT2D eigenvalue weighted by molar-refractivity contribution is -0.138. The first kappa shape index (κ1) is 13.5. The zero-order chi connectivity index (χ0) is 12.1. The molecule has 1 rings (SSSR count). The normalized spacial score (nSPS) is 27.5. The zero-order valence-corrected chi connectivity index (χ0v) is 10.9. The molecule has 0 spiro atoms. The van der Waals surface area contributed by atoms with Crippen LogP contribution in [0.3, 0.4) is 0 Å². The molecule has 0 radical (unpaired) electrons. The van der Waals surface area contributed by atoms with Crippen molar-refractivity contribution < 1.29 is 4.79 Å². The van der Waals surface area contributed by atoms with Gasteiger partial charge in [-0.2, -0.15) is 0 Å². The van der Waals surface area contributed by atoms with E-state index in [1.165, 1.54) is 0 Å². The van der Waals surface area contributed by atoms with Crippen molar-refractivity contribution >= 4 is 5.91 Å². The van der Waals surface area contributed by atoms with Gasteiger partial charge >= 0.3 is 0 Å². The van der Waals surface area contributed by atoms with Crippen LogP contribution in [-0.4, -0.2) is 29.4 Å². The first-order chi connectivity index (χ1) is 7.60. The fourth-order valence-electron chi connectivity index (χ4n) is 2.46. The Morgan fingerprint density at radius 3 is 2.31 bits per heavy atom. The van der Waals surface area contributed by atoms with Crippen LogP contribution in [0.5, 0.6) is 0 Å². The Kier molecular flexibility index (Phi) is 5.26. The highest BCUT2D eigenvalue weighted by atomic mass is 16.2. The Balaban J connectivity index is 2.56. The third-order valence-corrected chi connectivity index (χ3v) is 3.84. The van der Waals surface area contributed by atoms with Crippen molar-refractivity contribution in [2.75, 3.05) is 6.54 Å². The van der Waals surface area contributed by atoms with Crippen molar-refractivity contribution in [2.45, 2.75) is 65.0 Å². The average Bonchev–Trinajstić information content (AvgIpc) is 2.31. The van der Waals surface area contributed by atoms with E-state index < -0.39 is 0 Å². The van der Waals surface area contributed by atoms with Crippen molar-refractivity contribution in [1.29, 1.82) is 0 Å². The molecule has 0 bridgehead atoms. The van der Waals surface area contributed by atoms with E-state index in [9.17, 15) is 4.79 Å². The quantitative estimate of drug-likeness (QED) is 0.798. The molecule has 1 aliphatic rings. The summed E-state index contributed by atoms with van der Waals surface area (Å²) < 4.78 is 0. The maximum absolute atomic E-state index is 12.2. The summed E-state index contributed by atoms with van der Waals surface area (Å²) in [6.45, 7) is 7.02. The van der Waals surface area contributed by atoms with Gasteiger partial charge in [-0.1, -0.05) is 13.8 Å². The van der Waals surface area contributed by atoms with E-state index in [0.29, 0.717) is 18.0 Å². The molecule has 1 fully saturated rings. The zero-order valence-electron chi connectivity index (χ0n) is 10.9. The lowest BCUT2D eigenvalue weighted by Gasteiger charge is -2.36. The Bertz CT molecular complexity index is 222. The molecule has 0 heterocycles. The van der Waals surface area contributed by atoms with E-state index >= 15 is 0 Å². The van der Waals surface area contributed by atoms with Crippen LogP contribution in [0.1, 0.15) is 52.9 Å². The maximum atomic E-state index is 12.2. The standard InChI is InChI=1S/C13H26N2O/c1-4-10(3)13(16)15(5-2)12-8-6-11(14)7-9-12/h10-12H,4-9,14H2,1-3H3. The summed E-state index contributed by atoms with van der Waals surface area (Å²) in [5.74, 6) is 0.487. The van der Waals surface area contributed by atoms with Crippen LogP contribution in [0.4, 0.5) is 0 Å². The molecule has 16 heavy (non-hydrogen) atoms. The van der Waals surface area contributed by atoms with E-state index in [4.69, 9.17) is 5.73 Å². The first-order valence-corrected chi connectivity index (χ1v) is 6.66. The van der Waals surface area contributed by atoms with Gasteiger partial charge in [0.1, 0.15) is 0 Å². The minimum Gasteiger partial charge on any atom is -0.340 e. The molecule has 3 heteroatoms. The van der Waals surface area contributed by atoms with Crippen LogP contribution in [-0.2, 0) is 4.79 Å². The van der Waals surface area contributed by atoms with Gasteiger partial charge in [-0.25, -0.2) is 0 Å². The highest BCUT2D eigenvalue weighted by molar-refractivity contribution is 5.78. The summed E-state index contributed by atoms with van der Waals surface area (Å²) >= 11 is 0. The van der Waals surface area contributed by atoms with Crippen LogP contribution in [0, 0.1) is 5.92 Å². The van der Waals surface area contributed by atoms with Gasteiger partial charge in [0.05, 0.1) is 0 Å². The molecule has 0 aromatic heterocycles. The summed E-state index contributed by atoms with van der Waals surface area (Å²) in [5.41, 5.74) is 5.90. The molecule has 0 aliphatic heterocycles. The van der Waals surface area contributed by atoms with Crippen molar-refractivity contribution in [2.24, 2.45) is 11.7 Å². The highest BCUT2D eigenvalue weighted by Gasteiger charge is 2.28. The highest BCUT2D eigenvalue weighted by Crippen LogP contribution is 2.23. The minimum absolute atomic E-state index is 0.163. The molecule has 1 unspecified atom stereocenters. The molecular formula is C13H26N2O. The van der Waals surface area contributed by atoms with E-state index in [-0.39, 0.29) is 5.92 Å². The van der Waals surface area contributed by atoms with Crippen LogP contribution >= 0.6 is 0 Å². The largest absolute Gasteiger partial charge is 0.340 e. The van der Waals surface area contributed by atoms with Gasteiger partial charge in [-0.15, -0.1) is 0 Å². The van der Waals surface area contributed by atoms with Crippen molar-refractivity contribution in [1.82, 2.24) is 4.90 Å². The summed E-state index contributed by atoms with van der Waals surface area (Å²) in [4.78, 5) is 14.3. The third kappa shape index (κ3) is 3.21. The molecule has 2 N–H and O–H groups in total. The van der Waals surface area contributed by atoms with Gasteiger partial charge in [-0.05, 0) is 39.0 Å². The number of rotatable bonds is 4. The van der Waals surface area contributed by atoms with E-state index in [1.807, 2.05) is 6.92 Å². The molecule has 1 aliphatic carbocycles. The number of hydrogen-bond acceptors (Lipinski definition) is 2. The van der Waals surface area contributed by atoms with E-state index in [0.717, 1.165) is 38.6 Å². The molecule has 94 valence electrons. The second-order valence-electron chi connectivity index (χ2n) is 5.00. The summed E-state index contributed by atoms with van der Waals surface area (Å²) in [6, 6.07) is 0.792. The monoisotopic (exact) mass is 226 g/mol. The molecular weight excluding hydrogens is 200 g/mol. The summed E-state index contributed by atoms with van der Waals surface area (Å²) in [7, 11) is 0. The fraction of sp³-hybridized carbons (Fsp3) is 0.923. The molecule has 1 atom stereocenters. The second-order valence-corrected chi connectivity index (χ2v) is 5.00. The van der Waals surface area contributed by atoms with Gasteiger partial charge in [0.2, 0.25) is 5.91 Å². The van der Waals surface area contributed by atoms with Crippen molar-refractivity contribution in [3.05, 3.63) is 0 Å². The van der Waals surface area contributed by atoms with Gasteiger partial charge in [0.25, 0.3) is 0 Å². The number of nitrogens with zero attached hydrogens (tertiary/aromatic N) is 1. The van der Waals surface area contributed by atoms with E-state index in [1.54, 1.807) is 0 Å². The van der Waals surface area contributed by atoms with Crippen molar-refractivity contribution in [3.63, 3.8) is 0 Å². The molecule has 0 saturated heterocycles. The third-order valence-electron chi connectivity index (χ3n) is 3.84. The lowest BCUT2D eigenvalue weighted by atomic mass is 9.90. The Morgan fingerprint density at radius 2 is 1.88 bits per heavy atom.